The predicted octanol–water partition coefficient (Wildman–Crippen LogP) is 4.87. The summed E-state index contributed by atoms with van der Waals surface area (Å²) in [5.74, 6) is 1.91. The van der Waals surface area contributed by atoms with Crippen LogP contribution in [0.4, 0.5) is 0 Å². The Kier molecular flexibility index (Phi) is 5.12. The van der Waals surface area contributed by atoms with E-state index in [-0.39, 0.29) is 12.5 Å². The SMILES string of the molecule is Cc1ccc(C)c(OCC(=O)NCc2ccc(-c3nc4ccccc4s3)o2)c1. The van der Waals surface area contributed by atoms with Crippen molar-refractivity contribution in [3.63, 3.8) is 0 Å². The molecule has 2 aromatic heterocycles. The minimum atomic E-state index is -0.196. The van der Waals surface area contributed by atoms with Gasteiger partial charge in [-0.05, 0) is 55.3 Å². The van der Waals surface area contributed by atoms with Crippen LogP contribution in [0.2, 0.25) is 0 Å². The largest absolute Gasteiger partial charge is 0.483 e. The molecule has 0 bridgehead atoms. The van der Waals surface area contributed by atoms with Gasteiger partial charge in [-0.1, -0.05) is 24.3 Å². The van der Waals surface area contributed by atoms with Gasteiger partial charge in [0.2, 0.25) is 0 Å². The lowest BCUT2D eigenvalue weighted by Gasteiger charge is -2.09. The quantitative estimate of drug-likeness (QED) is 0.508. The maximum Gasteiger partial charge on any atom is 0.258 e. The highest BCUT2D eigenvalue weighted by molar-refractivity contribution is 7.21. The summed E-state index contributed by atoms with van der Waals surface area (Å²) < 4.78 is 12.6. The molecule has 0 unspecified atom stereocenters. The van der Waals surface area contributed by atoms with Crippen LogP contribution in [-0.2, 0) is 11.3 Å². The van der Waals surface area contributed by atoms with Crippen molar-refractivity contribution in [3.8, 4) is 16.5 Å². The number of benzene rings is 2. The van der Waals surface area contributed by atoms with Crippen LogP contribution in [0.25, 0.3) is 21.0 Å². The van der Waals surface area contributed by atoms with Crippen LogP contribution in [0.3, 0.4) is 0 Å². The molecule has 28 heavy (non-hydrogen) atoms. The lowest BCUT2D eigenvalue weighted by atomic mass is 10.1. The molecule has 0 atom stereocenters. The zero-order valence-corrected chi connectivity index (χ0v) is 16.5. The zero-order valence-electron chi connectivity index (χ0n) is 15.7. The van der Waals surface area contributed by atoms with Gasteiger partial charge in [0.15, 0.2) is 17.4 Å². The molecule has 142 valence electrons. The van der Waals surface area contributed by atoms with Gasteiger partial charge in [-0.15, -0.1) is 11.3 Å². The number of para-hydroxylation sites is 1. The Hall–Kier alpha value is -3.12. The van der Waals surface area contributed by atoms with Crippen molar-refractivity contribution in [2.75, 3.05) is 6.61 Å². The van der Waals surface area contributed by atoms with E-state index >= 15 is 0 Å². The summed E-state index contributed by atoms with van der Waals surface area (Å²) in [5, 5.41) is 3.65. The molecule has 4 aromatic rings. The van der Waals surface area contributed by atoms with Crippen LogP contribution in [0.5, 0.6) is 5.75 Å². The first kappa shape index (κ1) is 18.3. The second-order valence-corrected chi connectivity index (χ2v) is 7.62. The van der Waals surface area contributed by atoms with Gasteiger partial charge in [-0.2, -0.15) is 0 Å². The van der Waals surface area contributed by atoms with E-state index in [1.807, 2.05) is 68.4 Å². The minimum absolute atomic E-state index is 0.0320. The smallest absolute Gasteiger partial charge is 0.258 e. The molecule has 0 fully saturated rings. The van der Waals surface area contributed by atoms with Crippen molar-refractivity contribution < 1.29 is 13.9 Å². The number of furan rings is 1. The molecule has 4 rings (SSSR count). The topological polar surface area (TPSA) is 64.4 Å². The van der Waals surface area contributed by atoms with Gasteiger partial charge < -0.3 is 14.5 Å². The fraction of sp³-hybridized carbons (Fsp3) is 0.182. The van der Waals surface area contributed by atoms with Crippen LogP contribution in [0.15, 0.2) is 59.0 Å². The van der Waals surface area contributed by atoms with Gasteiger partial charge in [0.1, 0.15) is 11.5 Å². The lowest BCUT2D eigenvalue weighted by Crippen LogP contribution is -2.28. The molecule has 5 nitrogen and oxygen atoms in total. The molecule has 2 heterocycles. The molecular formula is C22H20N2O3S. The van der Waals surface area contributed by atoms with E-state index in [4.69, 9.17) is 9.15 Å². The van der Waals surface area contributed by atoms with Gasteiger partial charge in [-0.3, -0.25) is 4.79 Å². The molecule has 0 aliphatic carbocycles. The zero-order chi connectivity index (χ0) is 19.5. The van der Waals surface area contributed by atoms with E-state index in [0.29, 0.717) is 18.1 Å². The normalized spacial score (nSPS) is 10.9. The number of hydrogen-bond acceptors (Lipinski definition) is 5. The summed E-state index contributed by atoms with van der Waals surface area (Å²) >= 11 is 1.58. The second-order valence-electron chi connectivity index (χ2n) is 6.59. The summed E-state index contributed by atoms with van der Waals surface area (Å²) in [5.41, 5.74) is 3.06. The van der Waals surface area contributed by atoms with E-state index in [2.05, 4.69) is 10.3 Å². The maximum absolute atomic E-state index is 12.1. The Morgan fingerprint density at radius 2 is 2.00 bits per heavy atom. The number of fused-ring (bicyclic) bond motifs is 1. The monoisotopic (exact) mass is 392 g/mol. The summed E-state index contributed by atoms with van der Waals surface area (Å²) in [6.45, 7) is 4.22. The number of carbonyl (C=O) groups is 1. The number of aryl methyl sites for hydroxylation is 2. The number of nitrogens with zero attached hydrogens (tertiary/aromatic N) is 1. The Morgan fingerprint density at radius 3 is 2.86 bits per heavy atom. The Bertz CT molecular complexity index is 1100. The summed E-state index contributed by atoms with van der Waals surface area (Å²) in [6, 6.07) is 17.6. The van der Waals surface area contributed by atoms with Crippen molar-refractivity contribution in [1.29, 1.82) is 0 Å². The van der Waals surface area contributed by atoms with Crippen molar-refractivity contribution in [2.24, 2.45) is 0 Å². The molecule has 0 saturated carbocycles. The van der Waals surface area contributed by atoms with Crippen molar-refractivity contribution >= 4 is 27.5 Å². The predicted molar refractivity (Wildman–Crippen MR) is 111 cm³/mol. The van der Waals surface area contributed by atoms with Crippen LogP contribution in [-0.4, -0.2) is 17.5 Å². The highest BCUT2D eigenvalue weighted by atomic mass is 32.1. The number of amides is 1. The van der Waals surface area contributed by atoms with Crippen molar-refractivity contribution in [2.45, 2.75) is 20.4 Å². The van der Waals surface area contributed by atoms with E-state index < -0.39 is 0 Å². The first-order valence-electron chi connectivity index (χ1n) is 9.00. The molecule has 6 heteroatoms. The van der Waals surface area contributed by atoms with E-state index in [9.17, 15) is 4.79 Å². The third-order valence-corrected chi connectivity index (χ3v) is 5.38. The Balaban J connectivity index is 1.34. The lowest BCUT2D eigenvalue weighted by molar-refractivity contribution is -0.123. The highest BCUT2D eigenvalue weighted by Crippen LogP contribution is 2.31. The number of ether oxygens (including phenoxy) is 1. The molecule has 0 spiro atoms. The molecule has 0 saturated heterocycles. The van der Waals surface area contributed by atoms with Crippen LogP contribution >= 0.6 is 11.3 Å². The summed E-state index contributed by atoms with van der Waals surface area (Å²) in [4.78, 5) is 16.7. The van der Waals surface area contributed by atoms with Gasteiger partial charge in [0.25, 0.3) is 5.91 Å². The molecule has 2 aromatic carbocycles. The highest BCUT2D eigenvalue weighted by Gasteiger charge is 2.11. The first-order chi connectivity index (χ1) is 13.6. The molecule has 0 aliphatic heterocycles. The second kappa shape index (κ2) is 7.86. The number of nitrogens with one attached hydrogen (secondary N) is 1. The number of thiazole rings is 1. The average molecular weight is 392 g/mol. The van der Waals surface area contributed by atoms with Crippen molar-refractivity contribution in [3.05, 3.63) is 71.5 Å². The number of hydrogen-bond donors (Lipinski definition) is 1. The average Bonchev–Trinajstić information content (AvgIpc) is 3.33. The van der Waals surface area contributed by atoms with Gasteiger partial charge in [0, 0.05) is 0 Å². The third kappa shape index (κ3) is 4.07. The third-order valence-electron chi connectivity index (χ3n) is 4.33. The Labute approximate surface area is 167 Å². The van der Waals surface area contributed by atoms with Crippen LogP contribution < -0.4 is 10.1 Å². The first-order valence-corrected chi connectivity index (χ1v) is 9.81. The molecule has 1 N–H and O–H groups in total. The number of rotatable bonds is 6. The molecular weight excluding hydrogens is 372 g/mol. The van der Waals surface area contributed by atoms with Crippen LogP contribution in [0, 0.1) is 13.8 Å². The van der Waals surface area contributed by atoms with Gasteiger partial charge in [-0.25, -0.2) is 4.98 Å². The van der Waals surface area contributed by atoms with Crippen molar-refractivity contribution in [1.82, 2.24) is 10.3 Å². The van der Waals surface area contributed by atoms with Gasteiger partial charge >= 0.3 is 0 Å². The van der Waals surface area contributed by atoms with Crippen LogP contribution in [0.1, 0.15) is 16.9 Å². The van der Waals surface area contributed by atoms with E-state index in [1.165, 1.54) is 0 Å². The minimum Gasteiger partial charge on any atom is -0.483 e. The molecule has 0 radical (unpaired) electrons. The van der Waals surface area contributed by atoms with E-state index in [0.717, 1.165) is 32.1 Å². The fourth-order valence-electron chi connectivity index (χ4n) is 2.81. The summed E-state index contributed by atoms with van der Waals surface area (Å²) in [6.07, 6.45) is 0. The standard InChI is InChI=1S/C22H20N2O3S/c1-14-7-8-15(2)19(11-14)26-13-21(25)23-12-16-9-10-18(27-16)22-24-17-5-3-4-6-20(17)28-22/h3-11H,12-13H2,1-2H3,(H,23,25). The molecule has 1 amide bonds. The maximum atomic E-state index is 12.1. The fourth-order valence-corrected chi connectivity index (χ4v) is 3.74. The molecule has 0 aliphatic rings. The number of carbonyl (C=O) groups excluding carboxylic acids is 1. The summed E-state index contributed by atoms with van der Waals surface area (Å²) in [7, 11) is 0. The van der Waals surface area contributed by atoms with E-state index in [1.54, 1.807) is 11.3 Å². The Morgan fingerprint density at radius 1 is 1.14 bits per heavy atom. The number of aromatic nitrogens is 1. The van der Waals surface area contributed by atoms with Gasteiger partial charge in [0.05, 0.1) is 16.8 Å².